The fourth-order valence-electron chi connectivity index (χ4n) is 1.56. The summed E-state index contributed by atoms with van der Waals surface area (Å²) in [7, 11) is 0. The molecule has 2 rings (SSSR count). The van der Waals surface area contributed by atoms with Crippen LogP contribution < -0.4 is 5.73 Å². The lowest BCUT2D eigenvalue weighted by molar-refractivity contribution is 1.46. The van der Waals surface area contributed by atoms with Crippen molar-refractivity contribution in [2.24, 2.45) is 0 Å². The Kier molecular flexibility index (Phi) is 2.65. The van der Waals surface area contributed by atoms with Crippen molar-refractivity contribution in [1.29, 1.82) is 0 Å². The summed E-state index contributed by atoms with van der Waals surface area (Å²) in [4.78, 5) is 0. The minimum absolute atomic E-state index is 0.715. The summed E-state index contributed by atoms with van der Waals surface area (Å²) in [5, 5.41) is 0.715. The summed E-state index contributed by atoms with van der Waals surface area (Å²) < 4.78 is 0. The summed E-state index contributed by atoms with van der Waals surface area (Å²) in [5.74, 6) is 0. The van der Waals surface area contributed by atoms with E-state index in [0.717, 1.165) is 22.4 Å². The molecule has 1 nitrogen and oxygen atoms in total. The van der Waals surface area contributed by atoms with E-state index in [1.807, 2.05) is 43.3 Å². The van der Waals surface area contributed by atoms with Gasteiger partial charge in [-0.25, -0.2) is 0 Å². The summed E-state index contributed by atoms with van der Waals surface area (Å²) in [6.07, 6.45) is 0. The molecule has 0 saturated heterocycles. The minimum Gasteiger partial charge on any atom is -0.398 e. The summed E-state index contributed by atoms with van der Waals surface area (Å²) in [6, 6.07) is 13.9. The van der Waals surface area contributed by atoms with Crippen LogP contribution in [0.15, 0.2) is 42.5 Å². The molecule has 0 saturated carbocycles. The van der Waals surface area contributed by atoms with Crippen LogP contribution in [-0.4, -0.2) is 0 Å². The SMILES string of the molecule is Cc1cc(-c2ccccc2)c(N)cc1Cl. The molecule has 0 aliphatic rings. The Morgan fingerprint density at radius 1 is 1.07 bits per heavy atom. The number of hydrogen-bond donors (Lipinski definition) is 1. The monoisotopic (exact) mass is 217 g/mol. The van der Waals surface area contributed by atoms with Crippen LogP contribution in [0.1, 0.15) is 5.56 Å². The van der Waals surface area contributed by atoms with Gasteiger partial charge in [0.2, 0.25) is 0 Å². The number of benzene rings is 2. The molecule has 0 bridgehead atoms. The van der Waals surface area contributed by atoms with Gasteiger partial charge < -0.3 is 5.73 Å². The predicted octanol–water partition coefficient (Wildman–Crippen LogP) is 3.90. The smallest absolute Gasteiger partial charge is 0.0456 e. The zero-order chi connectivity index (χ0) is 10.8. The van der Waals surface area contributed by atoms with Crippen LogP contribution in [0.25, 0.3) is 11.1 Å². The van der Waals surface area contributed by atoms with Crippen LogP contribution in [0.3, 0.4) is 0 Å². The van der Waals surface area contributed by atoms with Crippen molar-refractivity contribution in [2.75, 3.05) is 5.73 Å². The number of aryl methyl sites for hydroxylation is 1. The molecular formula is C13H12ClN. The highest BCUT2D eigenvalue weighted by Crippen LogP contribution is 2.30. The van der Waals surface area contributed by atoms with E-state index in [4.69, 9.17) is 17.3 Å². The maximum atomic E-state index is 5.99. The van der Waals surface area contributed by atoms with Crippen molar-refractivity contribution in [3.05, 3.63) is 53.1 Å². The van der Waals surface area contributed by atoms with Crippen molar-refractivity contribution < 1.29 is 0 Å². The maximum Gasteiger partial charge on any atom is 0.0456 e. The zero-order valence-corrected chi connectivity index (χ0v) is 9.25. The topological polar surface area (TPSA) is 26.0 Å². The Morgan fingerprint density at radius 2 is 1.73 bits per heavy atom. The molecule has 76 valence electrons. The normalized spacial score (nSPS) is 10.3. The molecule has 0 spiro atoms. The highest BCUT2D eigenvalue weighted by molar-refractivity contribution is 6.31. The molecule has 0 aliphatic carbocycles. The Labute approximate surface area is 94.5 Å². The van der Waals surface area contributed by atoms with Crippen molar-refractivity contribution in [1.82, 2.24) is 0 Å². The van der Waals surface area contributed by atoms with Crippen LogP contribution in [0, 0.1) is 6.92 Å². The van der Waals surface area contributed by atoms with Crippen LogP contribution >= 0.6 is 11.6 Å². The molecule has 0 fully saturated rings. The van der Waals surface area contributed by atoms with E-state index in [9.17, 15) is 0 Å². The first-order valence-corrected chi connectivity index (χ1v) is 5.17. The van der Waals surface area contributed by atoms with Gasteiger partial charge in [-0.3, -0.25) is 0 Å². The summed E-state index contributed by atoms with van der Waals surface area (Å²) >= 11 is 5.99. The van der Waals surface area contributed by atoms with Crippen LogP contribution in [0.4, 0.5) is 5.69 Å². The average molecular weight is 218 g/mol. The van der Waals surface area contributed by atoms with E-state index >= 15 is 0 Å². The molecule has 0 radical (unpaired) electrons. The van der Waals surface area contributed by atoms with E-state index in [2.05, 4.69) is 0 Å². The standard InChI is InChI=1S/C13H12ClN/c1-9-7-11(13(15)8-12(9)14)10-5-3-2-4-6-10/h2-8H,15H2,1H3. The van der Waals surface area contributed by atoms with Crippen molar-refractivity contribution in [3.63, 3.8) is 0 Å². The van der Waals surface area contributed by atoms with E-state index in [0.29, 0.717) is 5.02 Å². The first kappa shape index (κ1) is 10.1. The maximum absolute atomic E-state index is 5.99. The number of nitrogen functional groups attached to an aromatic ring is 1. The fourth-order valence-corrected chi connectivity index (χ4v) is 1.74. The Bertz CT molecular complexity index is 477. The zero-order valence-electron chi connectivity index (χ0n) is 8.50. The number of halogens is 1. The van der Waals surface area contributed by atoms with E-state index in [1.165, 1.54) is 0 Å². The lowest BCUT2D eigenvalue weighted by Crippen LogP contribution is -1.91. The number of hydrogen-bond acceptors (Lipinski definition) is 1. The van der Waals surface area contributed by atoms with Gasteiger partial charge in [-0.05, 0) is 30.2 Å². The molecule has 0 amide bonds. The van der Waals surface area contributed by atoms with E-state index in [1.54, 1.807) is 6.07 Å². The molecule has 0 aliphatic heterocycles. The lowest BCUT2D eigenvalue weighted by Gasteiger charge is -2.08. The number of rotatable bonds is 1. The van der Waals surface area contributed by atoms with Gasteiger partial charge in [0.1, 0.15) is 0 Å². The third-order valence-corrected chi connectivity index (χ3v) is 2.82. The largest absolute Gasteiger partial charge is 0.398 e. The molecular weight excluding hydrogens is 206 g/mol. The van der Waals surface area contributed by atoms with Gasteiger partial charge in [0.25, 0.3) is 0 Å². The molecule has 0 atom stereocenters. The van der Waals surface area contributed by atoms with E-state index < -0.39 is 0 Å². The van der Waals surface area contributed by atoms with Gasteiger partial charge in [0.05, 0.1) is 0 Å². The summed E-state index contributed by atoms with van der Waals surface area (Å²) in [5.41, 5.74) is 9.86. The quantitative estimate of drug-likeness (QED) is 0.721. The molecule has 0 heterocycles. The molecule has 15 heavy (non-hydrogen) atoms. The van der Waals surface area contributed by atoms with Crippen molar-refractivity contribution >= 4 is 17.3 Å². The molecule has 2 aromatic carbocycles. The van der Waals surface area contributed by atoms with Gasteiger partial charge >= 0.3 is 0 Å². The van der Waals surface area contributed by atoms with Gasteiger partial charge in [-0.15, -0.1) is 0 Å². The Morgan fingerprint density at radius 3 is 2.40 bits per heavy atom. The number of anilines is 1. The van der Waals surface area contributed by atoms with Gasteiger partial charge in [0, 0.05) is 16.3 Å². The fraction of sp³-hybridized carbons (Fsp3) is 0.0769. The van der Waals surface area contributed by atoms with Gasteiger partial charge in [0.15, 0.2) is 0 Å². The highest BCUT2D eigenvalue weighted by atomic mass is 35.5. The van der Waals surface area contributed by atoms with E-state index in [-0.39, 0.29) is 0 Å². The Hall–Kier alpha value is -1.47. The first-order valence-electron chi connectivity index (χ1n) is 4.79. The molecule has 0 aromatic heterocycles. The predicted molar refractivity (Wildman–Crippen MR) is 66.0 cm³/mol. The second kappa shape index (κ2) is 3.95. The van der Waals surface area contributed by atoms with Crippen LogP contribution in [0.2, 0.25) is 5.02 Å². The molecule has 2 aromatic rings. The summed E-state index contributed by atoms with van der Waals surface area (Å²) in [6.45, 7) is 1.98. The van der Waals surface area contributed by atoms with Gasteiger partial charge in [-0.1, -0.05) is 41.9 Å². The second-order valence-electron chi connectivity index (χ2n) is 3.55. The van der Waals surface area contributed by atoms with Crippen molar-refractivity contribution in [2.45, 2.75) is 6.92 Å². The molecule has 2 heteroatoms. The third kappa shape index (κ3) is 1.97. The highest BCUT2D eigenvalue weighted by Gasteiger charge is 2.05. The lowest BCUT2D eigenvalue weighted by atomic mass is 10.0. The molecule has 0 unspecified atom stereocenters. The molecule has 2 N–H and O–H groups in total. The van der Waals surface area contributed by atoms with Crippen LogP contribution in [-0.2, 0) is 0 Å². The minimum atomic E-state index is 0.715. The third-order valence-electron chi connectivity index (χ3n) is 2.42. The Balaban J connectivity index is 2.59. The van der Waals surface area contributed by atoms with Crippen LogP contribution in [0.5, 0.6) is 0 Å². The average Bonchev–Trinajstić information content (AvgIpc) is 2.25. The first-order chi connectivity index (χ1) is 7.18. The van der Waals surface area contributed by atoms with Gasteiger partial charge in [-0.2, -0.15) is 0 Å². The van der Waals surface area contributed by atoms with Crippen molar-refractivity contribution in [3.8, 4) is 11.1 Å². The second-order valence-corrected chi connectivity index (χ2v) is 3.96. The number of nitrogens with two attached hydrogens (primary N) is 1.